The van der Waals surface area contributed by atoms with E-state index in [1.807, 2.05) is 0 Å². The highest BCUT2D eigenvalue weighted by atomic mass is 19.1. The first-order valence-corrected chi connectivity index (χ1v) is 16.0. The number of carbonyl (C=O) groups is 1. The van der Waals surface area contributed by atoms with Crippen LogP contribution in [0.2, 0.25) is 0 Å². The normalized spacial score (nSPS) is 16.5. The van der Waals surface area contributed by atoms with Gasteiger partial charge in [-0.1, -0.05) is 116 Å². The fourth-order valence-electron chi connectivity index (χ4n) is 5.55. The molecule has 0 atom stereocenters. The molecular weight excluding hydrogens is 506 g/mol. The Labute approximate surface area is 241 Å². The fourth-order valence-corrected chi connectivity index (χ4v) is 5.55. The van der Waals surface area contributed by atoms with Crippen LogP contribution < -0.4 is 9.47 Å². The number of esters is 1. The van der Waals surface area contributed by atoms with Gasteiger partial charge in [-0.3, -0.25) is 4.79 Å². The molecule has 0 aliphatic heterocycles. The van der Waals surface area contributed by atoms with Crippen LogP contribution in [0.15, 0.2) is 36.4 Å². The Hall–Kier alpha value is -2.43. The van der Waals surface area contributed by atoms with Crippen molar-refractivity contribution in [1.29, 1.82) is 0 Å². The summed E-state index contributed by atoms with van der Waals surface area (Å²) in [6, 6.07) is 9.09. The van der Waals surface area contributed by atoms with Gasteiger partial charge in [0.05, 0.1) is 12.5 Å². The van der Waals surface area contributed by atoms with Gasteiger partial charge in [-0.2, -0.15) is 0 Å². The largest absolute Gasteiger partial charge is 0.491 e. The van der Waals surface area contributed by atoms with Crippen molar-refractivity contribution in [2.45, 2.75) is 123 Å². The first-order valence-electron chi connectivity index (χ1n) is 16.0. The van der Waals surface area contributed by atoms with E-state index in [1.54, 1.807) is 18.2 Å². The summed E-state index contributed by atoms with van der Waals surface area (Å²) in [6.07, 6.45) is 20.1. The van der Waals surface area contributed by atoms with Gasteiger partial charge in [0.25, 0.3) is 0 Å². The zero-order chi connectivity index (χ0) is 28.6. The number of hydrogen-bond acceptors (Lipinski definition) is 3. The molecule has 0 radical (unpaired) electrons. The maximum atomic E-state index is 14.8. The summed E-state index contributed by atoms with van der Waals surface area (Å²) in [5.41, 5.74) is 1.07. The van der Waals surface area contributed by atoms with E-state index < -0.39 is 11.6 Å². The first-order chi connectivity index (χ1) is 19.5. The number of unbranched alkanes of at least 4 members (excludes halogenated alkanes) is 12. The zero-order valence-electron chi connectivity index (χ0n) is 24.8. The summed E-state index contributed by atoms with van der Waals surface area (Å²) >= 11 is 0. The van der Waals surface area contributed by atoms with Crippen LogP contribution in [0.4, 0.5) is 8.78 Å². The van der Waals surface area contributed by atoms with Crippen molar-refractivity contribution in [2.24, 2.45) is 11.8 Å². The molecule has 3 nitrogen and oxygen atoms in total. The molecule has 1 aliphatic rings. The quantitative estimate of drug-likeness (QED) is 0.0924. The number of benzene rings is 2. The smallest absolute Gasteiger partial charge is 0.314 e. The van der Waals surface area contributed by atoms with Crippen molar-refractivity contribution in [1.82, 2.24) is 0 Å². The van der Waals surface area contributed by atoms with Crippen LogP contribution in [0.3, 0.4) is 0 Å². The van der Waals surface area contributed by atoms with E-state index in [-0.39, 0.29) is 23.4 Å². The standard InChI is InChI=1S/C35H50F2O3/c1-3-5-7-9-11-12-14-16-22-39-33-20-18-28(25-31(33)36)29-19-21-34(32(37)26-29)40-35(38)30-23-27(24-30)17-15-13-10-8-6-4-2/h18-21,25-27,30H,3-17,22-24H2,1-2H3. The minimum Gasteiger partial charge on any atom is -0.491 e. The maximum Gasteiger partial charge on any atom is 0.314 e. The van der Waals surface area contributed by atoms with Gasteiger partial charge in [0.2, 0.25) is 0 Å². The molecule has 0 saturated heterocycles. The van der Waals surface area contributed by atoms with Gasteiger partial charge in [0.1, 0.15) is 0 Å². The van der Waals surface area contributed by atoms with E-state index in [0.29, 0.717) is 23.7 Å². The van der Waals surface area contributed by atoms with E-state index >= 15 is 0 Å². The second kappa shape index (κ2) is 18.1. The van der Waals surface area contributed by atoms with E-state index in [9.17, 15) is 13.6 Å². The molecule has 5 heteroatoms. The van der Waals surface area contributed by atoms with E-state index in [2.05, 4.69) is 13.8 Å². The van der Waals surface area contributed by atoms with Gasteiger partial charge in [-0.05, 0) is 60.6 Å². The molecule has 0 heterocycles. The molecule has 0 aromatic heterocycles. The Morgan fingerprint density at radius 3 is 1.75 bits per heavy atom. The number of hydrogen-bond donors (Lipinski definition) is 0. The number of ether oxygens (including phenoxy) is 2. The molecule has 2 aromatic rings. The summed E-state index contributed by atoms with van der Waals surface area (Å²) < 4.78 is 40.5. The molecule has 2 aromatic carbocycles. The summed E-state index contributed by atoms with van der Waals surface area (Å²) in [5.74, 6) is -0.853. The predicted octanol–water partition coefficient (Wildman–Crippen LogP) is 10.8. The monoisotopic (exact) mass is 556 g/mol. The van der Waals surface area contributed by atoms with Crippen LogP contribution in [0.5, 0.6) is 11.5 Å². The van der Waals surface area contributed by atoms with Gasteiger partial charge in [0.15, 0.2) is 23.1 Å². The molecule has 222 valence electrons. The average molecular weight is 557 g/mol. The lowest BCUT2D eigenvalue weighted by atomic mass is 9.72. The Morgan fingerprint density at radius 1 is 0.700 bits per heavy atom. The zero-order valence-corrected chi connectivity index (χ0v) is 24.8. The Kier molecular flexibility index (Phi) is 14.5. The van der Waals surface area contributed by atoms with Crippen LogP contribution in [0, 0.1) is 23.5 Å². The van der Waals surface area contributed by atoms with Crippen LogP contribution >= 0.6 is 0 Å². The molecule has 1 aliphatic carbocycles. The van der Waals surface area contributed by atoms with Gasteiger partial charge < -0.3 is 9.47 Å². The summed E-state index contributed by atoms with van der Waals surface area (Å²) in [7, 11) is 0. The van der Waals surface area contributed by atoms with Crippen molar-refractivity contribution < 1.29 is 23.0 Å². The second-order valence-corrected chi connectivity index (χ2v) is 11.6. The van der Waals surface area contributed by atoms with Gasteiger partial charge in [0, 0.05) is 0 Å². The molecule has 0 spiro atoms. The molecule has 0 N–H and O–H groups in total. The number of halogens is 2. The van der Waals surface area contributed by atoms with Crippen molar-refractivity contribution in [2.75, 3.05) is 6.61 Å². The first kappa shape index (κ1) is 32.1. The molecule has 0 amide bonds. The van der Waals surface area contributed by atoms with Crippen molar-refractivity contribution in [3.63, 3.8) is 0 Å². The highest BCUT2D eigenvalue weighted by Crippen LogP contribution is 2.39. The Bertz CT molecular complexity index is 1020. The third-order valence-electron chi connectivity index (χ3n) is 8.20. The second-order valence-electron chi connectivity index (χ2n) is 11.6. The lowest BCUT2D eigenvalue weighted by molar-refractivity contribution is -0.143. The summed E-state index contributed by atoms with van der Waals surface area (Å²) in [6.45, 7) is 4.93. The molecule has 40 heavy (non-hydrogen) atoms. The minimum absolute atomic E-state index is 0.0705. The van der Waals surface area contributed by atoms with E-state index in [0.717, 1.165) is 25.7 Å². The SMILES string of the molecule is CCCCCCCCCCOc1ccc(-c2ccc(OC(=O)C3CC(CCCCCCCC)C3)c(F)c2)cc1F. The van der Waals surface area contributed by atoms with Crippen molar-refractivity contribution >= 4 is 5.97 Å². The van der Waals surface area contributed by atoms with E-state index in [1.165, 1.54) is 102 Å². The summed E-state index contributed by atoms with van der Waals surface area (Å²) in [5, 5.41) is 0. The van der Waals surface area contributed by atoms with Crippen molar-refractivity contribution in [3.05, 3.63) is 48.0 Å². The highest BCUT2D eigenvalue weighted by Gasteiger charge is 2.35. The van der Waals surface area contributed by atoms with Crippen LogP contribution in [0.25, 0.3) is 11.1 Å². The van der Waals surface area contributed by atoms with Crippen molar-refractivity contribution in [3.8, 4) is 22.6 Å². The van der Waals surface area contributed by atoms with Gasteiger partial charge >= 0.3 is 5.97 Å². The van der Waals surface area contributed by atoms with Gasteiger partial charge in [-0.25, -0.2) is 8.78 Å². The minimum atomic E-state index is -0.621. The van der Waals surface area contributed by atoms with Crippen LogP contribution in [-0.4, -0.2) is 12.6 Å². The fraction of sp³-hybridized carbons (Fsp3) is 0.629. The molecule has 0 unspecified atom stereocenters. The predicted molar refractivity (Wildman–Crippen MR) is 160 cm³/mol. The molecular formula is C35H50F2O3. The third-order valence-corrected chi connectivity index (χ3v) is 8.20. The lowest BCUT2D eigenvalue weighted by Crippen LogP contribution is -2.33. The number of rotatable bonds is 20. The maximum absolute atomic E-state index is 14.8. The Morgan fingerprint density at radius 2 is 1.20 bits per heavy atom. The summed E-state index contributed by atoms with van der Waals surface area (Å²) in [4.78, 5) is 12.5. The number of carbonyl (C=O) groups excluding carboxylic acids is 1. The topological polar surface area (TPSA) is 35.5 Å². The average Bonchev–Trinajstić information content (AvgIpc) is 2.92. The van der Waals surface area contributed by atoms with E-state index in [4.69, 9.17) is 9.47 Å². The van der Waals surface area contributed by atoms with Crippen LogP contribution in [0.1, 0.15) is 123 Å². The lowest BCUT2D eigenvalue weighted by Gasteiger charge is -2.33. The molecule has 0 bridgehead atoms. The molecule has 1 saturated carbocycles. The van der Waals surface area contributed by atoms with Gasteiger partial charge in [-0.15, -0.1) is 0 Å². The van der Waals surface area contributed by atoms with Crippen LogP contribution in [-0.2, 0) is 4.79 Å². The Balaban J connectivity index is 1.38. The molecule has 1 fully saturated rings. The molecule has 3 rings (SSSR count). The highest BCUT2D eigenvalue weighted by molar-refractivity contribution is 5.76. The third kappa shape index (κ3) is 10.9.